The molecule has 144 valence electrons. The fourth-order valence-corrected chi connectivity index (χ4v) is 3.56. The molecule has 1 aromatic heterocycles. The third-order valence-electron chi connectivity index (χ3n) is 5.08. The van der Waals surface area contributed by atoms with Gasteiger partial charge in [0.25, 0.3) is 5.56 Å². The van der Waals surface area contributed by atoms with Crippen molar-refractivity contribution in [1.29, 1.82) is 0 Å². The number of nitrogens with zero attached hydrogens (tertiary/aromatic N) is 2. The molecule has 1 amide bonds. The normalized spacial score (nSPS) is 17.1. The van der Waals surface area contributed by atoms with Crippen molar-refractivity contribution in [2.24, 2.45) is 5.92 Å². The highest BCUT2D eigenvalue weighted by atomic mass is 19.1. The van der Waals surface area contributed by atoms with E-state index in [1.54, 1.807) is 11.8 Å². The van der Waals surface area contributed by atoms with Gasteiger partial charge in [-0.05, 0) is 50.7 Å². The summed E-state index contributed by atoms with van der Waals surface area (Å²) in [5, 5.41) is 0. The molecule has 1 saturated heterocycles. The lowest BCUT2D eigenvalue weighted by molar-refractivity contribution is -0.132. The fourth-order valence-electron chi connectivity index (χ4n) is 3.56. The Morgan fingerprint density at radius 1 is 1.33 bits per heavy atom. The minimum atomic E-state index is -0.523. The topological polar surface area (TPSA) is 66.1 Å². The van der Waals surface area contributed by atoms with Crippen LogP contribution < -0.4 is 5.56 Å². The van der Waals surface area contributed by atoms with Gasteiger partial charge in [-0.1, -0.05) is 6.07 Å². The first kappa shape index (κ1) is 19.2. The average Bonchev–Trinajstić information content (AvgIpc) is 2.64. The van der Waals surface area contributed by atoms with Crippen molar-refractivity contribution in [3.8, 4) is 0 Å². The summed E-state index contributed by atoms with van der Waals surface area (Å²) in [4.78, 5) is 32.8. The lowest BCUT2D eigenvalue weighted by atomic mass is 9.91. The van der Waals surface area contributed by atoms with Crippen LogP contribution in [0.1, 0.15) is 36.2 Å². The van der Waals surface area contributed by atoms with Crippen LogP contribution >= 0.6 is 0 Å². The smallest absolute Gasteiger partial charge is 0.254 e. The Morgan fingerprint density at radius 2 is 2.07 bits per heavy atom. The zero-order chi connectivity index (χ0) is 19.4. The number of rotatable bonds is 5. The van der Waals surface area contributed by atoms with Crippen LogP contribution in [0.3, 0.4) is 0 Å². The number of aryl methyl sites for hydroxylation is 1. The number of amides is 1. The van der Waals surface area contributed by atoms with Crippen molar-refractivity contribution < 1.29 is 13.6 Å². The van der Waals surface area contributed by atoms with E-state index in [0.29, 0.717) is 37.3 Å². The zero-order valence-corrected chi connectivity index (χ0v) is 15.3. The Hall–Kier alpha value is -2.57. The number of H-pyrrole nitrogens is 1. The summed E-state index contributed by atoms with van der Waals surface area (Å²) >= 11 is 0. The van der Waals surface area contributed by atoms with Crippen molar-refractivity contribution in [3.05, 3.63) is 63.3 Å². The van der Waals surface area contributed by atoms with Gasteiger partial charge in [-0.2, -0.15) is 0 Å². The molecule has 7 heteroatoms. The highest BCUT2D eigenvalue weighted by Gasteiger charge is 2.24. The summed E-state index contributed by atoms with van der Waals surface area (Å²) in [5.74, 6) is -0.464. The quantitative estimate of drug-likeness (QED) is 0.874. The number of halogens is 2. The Balaban J connectivity index is 1.58. The number of hydrogen-bond donors (Lipinski definition) is 1. The summed E-state index contributed by atoms with van der Waals surface area (Å²) in [6.45, 7) is 2.87. The number of hydrogen-bond acceptors (Lipinski definition) is 3. The summed E-state index contributed by atoms with van der Waals surface area (Å²) < 4.78 is 27.6. The first-order valence-corrected chi connectivity index (χ1v) is 9.19. The lowest BCUT2D eigenvalue weighted by Crippen LogP contribution is -2.41. The number of carbonyl (C=O) groups is 1. The number of nitrogens with one attached hydrogen (secondary N) is 1. The van der Waals surface area contributed by atoms with Gasteiger partial charge in [0.1, 0.15) is 17.5 Å². The summed E-state index contributed by atoms with van der Waals surface area (Å²) in [6, 6.07) is 3.89. The van der Waals surface area contributed by atoms with Crippen LogP contribution in [-0.2, 0) is 17.6 Å². The molecule has 1 atom stereocenters. The van der Waals surface area contributed by atoms with E-state index in [9.17, 15) is 18.4 Å². The van der Waals surface area contributed by atoms with Crippen molar-refractivity contribution in [1.82, 2.24) is 14.9 Å². The second kappa shape index (κ2) is 8.41. The highest BCUT2D eigenvalue weighted by Crippen LogP contribution is 2.24. The van der Waals surface area contributed by atoms with E-state index >= 15 is 0 Å². The first-order valence-electron chi connectivity index (χ1n) is 9.19. The summed E-state index contributed by atoms with van der Waals surface area (Å²) in [6.07, 6.45) is 4.15. The number of carbonyl (C=O) groups excluding carboxylic acids is 1. The third kappa shape index (κ3) is 4.78. The molecule has 1 N–H and O–H groups in total. The van der Waals surface area contributed by atoms with Gasteiger partial charge in [-0.25, -0.2) is 13.8 Å². The third-order valence-corrected chi connectivity index (χ3v) is 5.08. The molecule has 0 radical (unpaired) electrons. The van der Waals surface area contributed by atoms with Gasteiger partial charge < -0.3 is 9.88 Å². The molecule has 0 spiro atoms. The van der Waals surface area contributed by atoms with Crippen LogP contribution in [0.25, 0.3) is 0 Å². The molecule has 0 unspecified atom stereocenters. The van der Waals surface area contributed by atoms with Crippen molar-refractivity contribution in [3.63, 3.8) is 0 Å². The molecule has 2 aromatic rings. The van der Waals surface area contributed by atoms with Crippen LogP contribution in [0.2, 0.25) is 0 Å². The Labute approximate surface area is 156 Å². The van der Waals surface area contributed by atoms with E-state index in [1.165, 1.54) is 24.4 Å². The standard InChI is InChI=1S/C20H23F2N3O2/c1-13-23-11-15(20(27)24-13)10-19(26)25-9-3-4-14(12-25)7-8-16-17(21)5-2-6-18(16)22/h2,5-6,11,14H,3-4,7-10,12H2,1H3,(H,23,24,27)/t14-/m1/s1. The maximum absolute atomic E-state index is 13.8. The van der Waals surface area contributed by atoms with Gasteiger partial charge in [-0.15, -0.1) is 0 Å². The Bertz CT molecular complexity index is 862. The van der Waals surface area contributed by atoms with Gasteiger partial charge in [-0.3, -0.25) is 9.59 Å². The number of aromatic amines is 1. The number of aromatic nitrogens is 2. The largest absolute Gasteiger partial charge is 0.342 e. The van der Waals surface area contributed by atoms with Crippen molar-refractivity contribution in [2.75, 3.05) is 13.1 Å². The average molecular weight is 375 g/mol. The molecule has 0 aliphatic carbocycles. The van der Waals surface area contributed by atoms with E-state index in [-0.39, 0.29) is 29.4 Å². The molecule has 1 fully saturated rings. The predicted octanol–water partition coefficient (Wildman–Crippen LogP) is 2.77. The van der Waals surface area contributed by atoms with E-state index in [2.05, 4.69) is 9.97 Å². The van der Waals surface area contributed by atoms with Gasteiger partial charge in [0, 0.05) is 30.4 Å². The molecule has 5 nitrogen and oxygen atoms in total. The molecule has 2 heterocycles. The minimum Gasteiger partial charge on any atom is -0.342 e. The molecular weight excluding hydrogens is 352 g/mol. The van der Waals surface area contributed by atoms with Crippen LogP contribution in [0.4, 0.5) is 8.78 Å². The monoisotopic (exact) mass is 375 g/mol. The SMILES string of the molecule is Cc1ncc(CC(=O)N2CCC[C@H](CCc3c(F)cccc3F)C2)c(=O)[nH]1. The molecule has 0 saturated carbocycles. The Kier molecular flexibility index (Phi) is 5.98. The maximum atomic E-state index is 13.8. The van der Waals surface area contributed by atoms with Crippen LogP contribution in [0.5, 0.6) is 0 Å². The predicted molar refractivity (Wildman–Crippen MR) is 97.3 cm³/mol. The first-order chi connectivity index (χ1) is 12.9. The summed E-state index contributed by atoms with van der Waals surface area (Å²) in [5.41, 5.74) is 0.166. The molecule has 1 aliphatic heterocycles. The molecule has 3 rings (SSSR count). The van der Waals surface area contributed by atoms with Gasteiger partial charge in [0.2, 0.25) is 5.91 Å². The second-order valence-electron chi connectivity index (χ2n) is 7.09. The van der Waals surface area contributed by atoms with E-state index in [0.717, 1.165) is 12.8 Å². The van der Waals surface area contributed by atoms with Gasteiger partial charge >= 0.3 is 0 Å². The fraction of sp³-hybridized carbons (Fsp3) is 0.450. The van der Waals surface area contributed by atoms with Crippen molar-refractivity contribution in [2.45, 2.75) is 39.0 Å². The molecular formula is C20H23F2N3O2. The zero-order valence-electron chi connectivity index (χ0n) is 15.3. The molecule has 1 aliphatic rings. The number of benzene rings is 1. The molecule has 0 bridgehead atoms. The van der Waals surface area contributed by atoms with Crippen molar-refractivity contribution >= 4 is 5.91 Å². The van der Waals surface area contributed by atoms with E-state index in [4.69, 9.17) is 0 Å². The van der Waals surface area contributed by atoms with Crippen LogP contribution in [0.15, 0.2) is 29.2 Å². The van der Waals surface area contributed by atoms with E-state index in [1.807, 2.05) is 0 Å². The highest BCUT2D eigenvalue weighted by molar-refractivity contribution is 5.78. The molecule has 27 heavy (non-hydrogen) atoms. The summed E-state index contributed by atoms with van der Waals surface area (Å²) in [7, 11) is 0. The van der Waals surface area contributed by atoms with Gasteiger partial charge in [0.05, 0.1) is 6.42 Å². The minimum absolute atomic E-state index is 0.0112. The number of piperidine rings is 1. The second-order valence-corrected chi connectivity index (χ2v) is 7.09. The lowest BCUT2D eigenvalue weighted by Gasteiger charge is -2.33. The van der Waals surface area contributed by atoms with Crippen LogP contribution in [-0.4, -0.2) is 33.9 Å². The van der Waals surface area contributed by atoms with Crippen LogP contribution in [0, 0.1) is 24.5 Å². The maximum Gasteiger partial charge on any atom is 0.254 e. The van der Waals surface area contributed by atoms with Gasteiger partial charge in [0.15, 0.2) is 0 Å². The van der Waals surface area contributed by atoms with E-state index < -0.39 is 11.6 Å². The Morgan fingerprint density at radius 3 is 2.78 bits per heavy atom. The number of likely N-dealkylation sites (tertiary alicyclic amines) is 1. The molecule has 1 aromatic carbocycles.